The molecule has 0 spiro atoms. The van der Waals surface area contributed by atoms with Gasteiger partial charge in [-0.1, -0.05) is 36.2 Å². The zero-order chi connectivity index (χ0) is 22.0. The highest BCUT2D eigenvalue weighted by atomic mass is 35.5. The second kappa shape index (κ2) is 9.31. The maximum absolute atomic E-state index is 13.2. The third kappa shape index (κ3) is 5.13. The van der Waals surface area contributed by atoms with E-state index in [1.165, 1.54) is 0 Å². The first-order chi connectivity index (χ1) is 14.8. The summed E-state index contributed by atoms with van der Waals surface area (Å²) in [5, 5.41) is 7.57. The summed E-state index contributed by atoms with van der Waals surface area (Å²) >= 11 is 12.2. The summed E-state index contributed by atoms with van der Waals surface area (Å²) in [4.78, 5) is 22.5. The molecule has 6 nitrogen and oxygen atoms in total. The molecule has 1 saturated heterocycles. The lowest BCUT2D eigenvalue weighted by Gasteiger charge is -2.34. The van der Waals surface area contributed by atoms with E-state index >= 15 is 0 Å². The molecule has 2 atom stereocenters. The molecule has 1 aliphatic heterocycles. The van der Waals surface area contributed by atoms with E-state index in [2.05, 4.69) is 15.6 Å². The van der Waals surface area contributed by atoms with E-state index in [0.717, 1.165) is 55.7 Å². The number of hydrogen-bond acceptors (Lipinski definition) is 5. The zero-order valence-electron chi connectivity index (χ0n) is 17.9. The van der Waals surface area contributed by atoms with Crippen LogP contribution in [0.2, 0.25) is 10.0 Å². The SMILES string of the molecule is CC(NC(=O)C1(C)CCc2cnc(NC3CCOCC3)nc2C1)c1ccc(Cl)c(Cl)c1. The molecule has 2 unspecified atom stereocenters. The first-order valence-electron chi connectivity index (χ1n) is 10.8. The van der Waals surface area contributed by atoms with Crippen LogP contribution in [0.15, 0.2) is 24.4 Å². The number of nitrogens with zero attached hydrogens (tertiary/aromatic N) is 2. The number of ether oxygens (including phenoxy) is 1. The van der Waals surface area contributed by atoms with Crippen LogP contribution in [-0.4, -0.2) is 35.1 Å². The van der Waals surface area contributed by atoms with Crippen LogP contribution in [0.4, 0.5) is 5.95 Å². The van der Waals surface area contributed by atoms with Gasteiger partial charge in [-0.25, -0.2) is 9.97 Å². The summed E-state index contributed by atoms with van der Waals surface area (Å²) in [7, 11) is 0. The lowest BCUT2D eigenvalue weighted by Crippen LogP contribution is -2.43. The van der Waals surface area contributed by atoms with Crippen molar-refractivity contribution in [2.45, 2.75) is 58.0 Å². The first kappa shape index (κ1) is 22.3. The summed E-state index contributed by atoms with van der Waals surface area (Å²) in [5.74, 6) is 0.661. The number of amides is 1. The van der Waals surface area contributed by atoms with Crippen LogP contribution in [0.25, 0.3) is 0 Å². The van der Waals surface area contributed by atoms with E-state index in [1.54, 1.807) is 12.1 Å². The Bertz CT molecular complexity index is 965. The Balaban J connectivity index is 1.44. The second-order valence-corrected chi connectivity index (χ2v) is 9.62. The number of benzene rings is 1. The highest BCUT2D eigenvalue weighted by Crippen LogP contribution is 2.36. The Kier molecular flexibility index (Phi) is 6.70. The Morgan fingerprint density at radius 3 is 2.77 bits per heavy atom. The number of fused-ring (bicyclic) bond motifs is 1. The van der Waals surface area contributed by atoms with Crippen LogP contribution in [0.3, 0.4) is 0 Å². The van der Waals surface area contributed by atoms with Gasteiger partial charge in [-0.05, 0) is 55.9 Å². The summed E-state index contributed by atoms with van der Waals surface area (Å²) in [5.41, 5.74) is 2.48. The lowest BCUT2D eigenvalue weighted by molar-refractivity contribution is -0.131. The molecule has 1 amide bonds. The summed E-state index contributed by atoms with van der Waals surface area (Å²) in [6.45, 7) is 5.49. The van der Waals surface area contributed by atoms with Crippen LogP contribution >= 0.6 is 23.2 Å². The van der Waals surface area contributed by atoms with Crippen molar-refractivity contribution in [3.8, 4) is 0 Å². The predicted molar refractivity (Wildman–Crippen MR) is 123 cm³/mol. The van der Waals surface area contributed by atoms with Crippen molar-refractivity contribution in [2.75, 3.05) is 18.5 Å². The maximum Gasteiger partial charge on any atom is 0.226 e. The largest absolute Gasteiger partial charge is 0.381 e. The summed E-state index contributed by atoms with van der Waals surface area (Å²) in [6.07, 6.45) is 5.95. The van der Waals surface area contributed by atoms with Gasteiger partial charge in [-0.3, -0.25) is 4.79 Å². The van der Waals surface area contributed by atoms with E-state index in [0.29, 0.717) is 28.5 Å². The van der Waals surface area contributed by atoms with Crippen molar-refractivity contribution >= 4 is 35.1 Å². The number of hydrogen-bond donors (Lipinski definition) is 2. The minimum Gasteiger partial charge on any atom is -0.381 e. The number of carbonyl (C=O) groups excluding carboxylic acids is 1. The second-order valence-electron chi connectivity index (χ2n) is 8.80. The molecule has 1 aliphatic carbocycles. The molecule has 2 N–H and O–H groups in total. The molecule has 0 bridgehead atoms. The lowest BCUT2D eigenvalue weighted by atomic mass is 9.74. The minimum atomic E-state index is -0.526. The predicted octanol–water partition coefficient (Wildman–Crippen LogP) is 4.75. The van der Waals surface area contributed by atoms with Crippen molar-refractivity contribution in [2.24, 2.45) is 5.41 Å². The number of aromatic nitrogens is 2. The van der Waals surface area contributed by atoms with Crippen LogP contribution in [0.5, 0.6) is 0 Å². The molecular formula is C23H28Cl2N4O2. The normalized spacial score (nSPS) is 22.5. The molecule has 0 radical (unpaired) electrons. The summed E-state index contributed by atoms with van der Waals surface area (Å²) in [6, 6.07) is 5.60. The fourth-order valence-electron chi connectivity index (χ4n) is 4.20. The molecule has 1 fully saturated rings. The van der Waals surface area contributed by atoms with E-state index in [4.69, 9.17) is 32.9 Å². The number of anilines is 1. The van der Waals surface area contributed by atoms with Gasteiger partial charge < -0.3 is 15.4 Å². The van der Waals surface area contributed by atoms with Crippen LogP contribution in [0.1, 0.15) is 56.0 Å². The van der Waals surface area contributed by atoms with Gasteiger partial charge in [0.25, 0.3) is 0 Å². The molecule has 2 aliphatic rings. The summed E-state index contributed by atoms with van der Waals surface area (Å²) < 4.78 is 5.42. The Morgan fingerprint density at radius 1 is 1.26 bits per heavy atom. The molecule has 2 aromatic rings. The van der Waals surface area contributed by atoms with Crippen molar-refractivity contribution in [1.82, 2.24) is 15.3 Å². The van der Waals surface area contributed by atoms with Gasteiger partial charge in [-0.15, -0.1) is 0 Å². The Hall–Kier alpha value is -1.89. The number of halogens is 2. The van der Waals surface area contributed by atoms with Crippen molar-refractivity contribution in [3.63, 3.8) is 0 Å². The van der Waals surface area contributed by atoms with Gasteiger partial charge in [0.1, 0.15) is 0 Å². The average Bonchev–Trinajstić information content (AvgIpc) is 2.76. The van der Waals surface area contributed by atoms with Gasteiger partial charge in [0.15, 0.2) is 0 Å². The van der Waals surface area contributed by atoms with E-state index in [-0.39, 0.29) is 11.9 Å². The van der Waals surface area contributed by atoms with Crippen molar-refractivity contribution in [3.05, 3.63) is 51.3 Å². The molecule has 4 rings (SSSR count). The highest BCUT2D eigenvalue weighted by molar-refractivity contribution is 6.42. The third-order valence-corrected chi connectivity index (χ3v) is 7.09. The topological polar surface area (TPSA) is 76.1 Å². The van der Waals surface area contributed by atoms with E-state index in [9.17, 15) is 4.79 Å². The van der Waals surface area contributed by atoms with E-state index in [1.807, 2.05) is 26.1 Å². The highest BCUT2D eigenvalue weighted by Gasteiger charge is 2.38. The molecule has 166 valence electrons. The van der Waals surface area contributed by atoms with Gasteiger partial charge in [0, 0.05) is 31.9 Å². The number of aryl methyl sites for hydroxylation is 1. The number of carbonyl (C=O) groups is 1. The molecular weight excluding hydrogens is 435 g/mol. The molecule has 31 heavy (non-hydrogen) atoms. The molecule has 2 heterocycles. The molecule has 8 heteroatoms. The Labute approximate surface area is 193 Å². The fraction of sp³-hybridized carbons (Fsp3) is 0.522. The maximum atomic E-state index is 13.2. The monoisotopic (exact) mass is 462 g/mol. The van der Waals surface area contributed by atoms with Crippen molar-refractivity contribution in [1.29, 1.82) is 0 Å². The van der Waals surface area contributed by atoms with Gasteiger partial charge in [0.2, 0.25) is 11.9 Å². The number of nitrogens with one attached hydrogen (secondary N) is 2. The van der Waals surface area contributed by atoms with Crippen LogP contribution < -0.4 is 10.6 Å². The Morgan fingerprint density at radius 2 is 2.03 bits per heavy atom. The van der Waals surface area contributed by atoms with Crippen LogP contribution in [-0.2, 0) is 22.4 Å². The quantitative estimate of drug-likeness (QED) is 0.670. The molecule has 1 aromatic heterocycles. The smallest absolute Gasteiger partial charge is 0.226 e. The standard InChI is InChI=1S/C23H28Cl2N4O2/c1-14(15-3-4-18(24)19(25)11-15)27-21(30)23(2)8-5-16-13-26-22(29-20(16)12-23)28-17-6-9-31-10-7-17/h3-4,11,13-14,17H,5-10,12H2,1-2H3,(H,27,30)(H,26,28,29). The van der Waals surface area contributed by atoms with Gasteiger partial charge in [-0.2, -0.15) is 0 Å². The molecule has 1 aromatic carbocycles. The molecule has 0 saturated carbocycles. The third-order valence-electron chi connectivity index (χ3n) is 6.35. The van der Waals surface area contributed by atoms with Gasteiger partial charge >= 0.3 is 0 Å². The van der Waals surface area contributed by atoms with Crippen LogP contribution in [0, 0.1) is 5.41 Å². The fourth-order valence-corrected chi connectivity index (χ4v) is 4.50. The zero-order valence-corrected chi connectivity index (χ0v) is 19.4. The number of rotatable bonds is 5. The first-order valence-corrected chi connectivity index (χ1v) is 11.5. The van der Waals surface area contributed by atoms with Crippen molar-refractivity contribution < 1.29 is 9.53 Å². The minimum absolute atomic E-state index is 0.0225. The van der Waals surface area contributed by atoms with Gasteiger partial charge in [0.05, 0.1) is 27.2 Å². The average molecular weight is 463 g/mol. The van der Waals surface area contributed by atoms with E-state index < -0.39 is 5.41 Å².